The van der Waals surface area contributed by atoms with E-state index < -0.39 is 11.7 Å². The Labute approximate surface area is 129 Å². The van der Waals surface area contributed by atoms with Gasteiger partial charge in [0.1, 0.15) is 29.1 Å². The van der Waals surface area contributed by atoms with E-state index in [0.29, 0.717) is 5.56 Å². The number of amides is 1. The molecular weight excluding hydrogens is 282 g/mol. The molecule has 0 unspecified atom stereocenters. The molecule has 22 heavy (non-hydrogen) atoms. The molecule has 1 fully saturated rings. The molecule has 118 valence electrons. The van der Waals surface area contributed by atoms with Crippen LogP contribution in [0.3, 0.4) is 0 Å². The van der Waals surface area contributed by atoms with Crippen molar-refractivity contribution in [3.8, 4) is 11.8 Å². The van der Waals surface area contributed by atoms with Gasteiger partial charge in [0.2, 0.25) is 0 Å². The summed E-state index contributed by atoms with van der Waals surface area (Å²) in [5, 5.41) is 2.82. The molecule has 7 heteroatoms. The number of alkyl carbamates (subject to hydrolysis) is 1. The van der Waals surface area contributed by atoms with Gasteiger partial charge in [-0.15, -0.1) is 0 Å². The minimum absolute atomic E-state index is 0.0934. The predicted molar refractivity (Wildman–Crippen MR) is 83.6 cm³/mol. The van der Waals surface area contributed by atoms with Crippen molar-refractivity contribution in [1.82, 2.24) is 15.3 Å². The highest BCUT2D eigenvalue weighted by atomic mass is 16.6. The lowest BCUT2D eigenvalue weighted by molar-refractivity contribution is 0.0467. The average molecular weight is 303 g/mol. The van der Waals surface area contributed by atoms with E-state index >= 15 is 0 Å². The summed E-state index contributed by atoms with van der Waals surface area (Å²) in [6.45, 7) is 5.50. The first-order chi connectivity index (χ1) is 10.2. The van der Waals surface area contributed by atoms with Crippen molar-refractivity contribution in [1.29, 1.82) is 0 Å². The molecule has 1 amide bonds. The molecule has 1 aromatic rings. The summed E-state index contributed by atoms with van der Waals surface area (Å²) in [7, 11) is 0. The molecule has 1 aliphatic rings. The zero-order valence-electron chi connectivity index (χ0n) is 13.0. The van der Waals surface area contributed by atoms with Crippen LogP contribution in [0.25, 0.3) is 0 Å². The smallest absolute Gasteiger partial charge is 0.407 e. The molecule has 7 nitrogen and oxygen atoms in total. The number of nitrogens with zero attached hydrogens (tertiary/aromatic N) is 2. The van der Waals surface area contributed by atoms with E-state index in [4.69, 9.17) is 16.2 Å². The first kappa shape index (κ1) is 15.9. The number of aromatic nitrogens is 2. The quantitative estimate of drug-likeness (QED) is 0.673. The van der Waals surface area contributed by atoms with E-state index in [1.54, 1.807) is 0 Å². The average Bonchev–Trinajstić information content (AvgIpc) is 2.32. The fourth-order valence-electron chi connectivity index (χ4n) is 2.04. The van der Waals surface area contributed by atoms with Crippen molar-refractivity contribution in [3.63, 3.8) is 0 Å². The number of hydrogen-bond acceptors (Lipinski definition) is 6. The van der Waals surface area contributed by atoms with Crippen molar-refractivity contribution in [2.75, 3.05) is 11.5 Å². The molecular formula is C15H21N5O2. The van der Waals surface area contributed by atoms with Crippen LogP contribution in [0.2, 0.25) is 0 Å². The minimum Gasteiger partial charge on any atom is -0.444 e. The second-order valence-electron chi connectivity index (χ2n) is 6.30. The Hall–Kier alpha value is -2.49. The first-order valence-electron chi connectivity index (χ1n) is 7.11. The van der Waals surface area contributed by atoms with E-state index in [0.717, 1.165) is 12.8 Å². The zero-order valence-corrected chi connectivity index (χ0v) is 13.0. The minimum atomic E-state index is -0.491. The third-order valence-corrected chi connectivity index (χ3v) is 3.17. The van der Waals surface area contributed by atoms with E-state index in [-0.39, 0.29) is 23.6 Å². The predicted octanol–water partition coefficient (Wildman–Crippen LogP) is 1.30. The Bertz CT molecular complexity index is 601. The van der Waals surface area contributed by atoms with Crippen LogP contribution in [0.1, 0.15) is 39.2 Å². The number of anilines is 2. The summed E-state index contributed by atoms with van der Waals surface area (Å²) in [6.07, 6.45) is 2.47. The molecule has 0 bridgehead atoms. The zero-order chi connectivity index (χ0) is 16.3. The normalized spacial score (nSPS) is 20.3. The monoisotopic (exact) mass is 303 g/mol. The number of nitrogen functional groups attached to an aromatic ring is 2. The van der Waals surface area contributed by atoms with E-state index in [9.17, 15) is 4.79 Å². The van der Waals surface area contributed by atoms with Gasteiger partial charge in [0.25, 0.3) is 0 Å². The van der Waals surface area contributed by atoms with Crippen LogP contribution in [0.15, 0.2) is 6.33 Å². The molecule has 0 saturated heterocycles. The van der Waals surface area contributed by atoms with Gasteiger partial charge in [-0.25, -0.2) is 14.8 Å². The van der Waals surface area contributed by atoms with Crippen LogP contribution in [-0.2, 0) is 4.74 Å². The Morgan fingerprint density at radius 1 is 1.32 bits per heavy atom. The fourth-order valence-corrected chi connectivity index (χ4v) is 2.04. The van der Waals surface area contributed by atoms with Crippen LogP contribution in [0, 0.1) is 17.8 Å². The van der Waals surface area contributed by atoms with Gasteiger partial charge in [-0.2, -0.15) is 0 Å². The fraction of sp³-hybridized carbons (Fsp3) is 0.533. The van der Waals surface area contributed by atoms with E-state index in [1.807, 2.05) is 20.8 Å². The maximum Gasteiger partial charge on any atom is 0.407 e. The highest BCUT2D eigenvalue weighted by molar-refractivity contribution is 5.68. The summed E-state index contributed by atoms with van der Waals surface area (Å²) in [6, 6.07) is 0.0934. The lowest BCUT2D eigenvalue weighted by Gasteiger charge is -2.33. The molecule has 5 N–H and O–H groups in total. The molecule has 2 rings (SSSR count). The van der Waals surface area contributed by atoms with Crippen LogP contribution in [-0.4, -0.2) is 27.7 Å². The second-order valence-corrected chi connectivity index (χ2v) is 6.30. The van der Waals surface area contributed by atoms with Crippen LogP contribution < -0.4 is 16.8 Å². The van der Waals surface area contributed by atoms with Crippen molar-refractivity contribution in [2.45, 2.75) is 45.3 Å². The Morgan fingerprint density at radius 3 is 2.45 bits per heavy atom. The topological polar surface area (TPSA) is 116 Å². The van der Waals surface area contributed by atoms with Crippen molar-refractivity contribution in [3.05, 3.63) is 11.9 Å². The molecule has 0 aliphatic heterocycles. The van der Waals surface area contributed by atoms with Gasteiger partial charge in [-0.05, 0) is 33.6 Å². The standard InChI is InChI=1S/C15H21N5O2/c1-15(2,3)22-14(21)20-10-6-9(7-10)4-5-11-12(16)18-8-19-13(11)17/h8-10H,6-7H2,1-3H3,(H,20,21)(H4,16,17,18,19). The Morgan fingerprint density at radius 2 is 1.91 bits per heavy atom. The molecule has 0 radical (unpaired) electrons. The lowest BCUT2D eigenvalue weighted by atomic mass is 9.81. The summed E-state index contributed by atoms with van der Waals surface area (Å²) < 4.78 is 5.20. The van der Waals surface area contributed by atoms with Crippen molar-refractivity contribution >= 4 is 17.7 Å². The summed E-state index contributed by atoms with van der Waals surface area (Å²) in [4.78, 5) is 19.3. The van der Waals surface area contributed by atoms with Crippen LogP contribution >= 0.6 is 0 Å². The summed E-state index contributed by atoms with van der Waals surface area (Å²) in [5.41, 5.74) is 11.4. The van der Waals surface area contributed by atoms with Gasteiger partial charge < -0.3 is 21.5 Å². The van der Waals surface area contributed by atoms with Gasteiger partial charge in [-0.3, -0.25) is 0 Å². The Kier molecular flexibility index (Phi) is 4.40. The largest absolute Gasteiger partial charge is 0.444 e. The molecule has 0 spiro atoms. The number of nitrogens with one attached hydrogen (secondary N) is 1. The third-order valence-electron chi connectivity index (χ3n) is 3.17. The number of nitrogens with two attached hydrogens (primary N) is 2. The molecule has 0 atom stereocenters. The number of hydrogen-bond donors (Lipinski definition) is 3. The maximum atomic E-state index is 11.6. The third kappa shape index (κ3) is 4.25. The SMILES string of the molecule is CC(C)(C)OC(=O)NC1CC(C#Cc2c(N)ncnc2N)C1. The number of rotatable bonds is 1. The van der Waals surface area contributed by atoms with E-state index in [1.165, 1.54) is 6.33 Å². The lowest BCUT2D eigenvalue weighted by Crippen LogP contribution is -2.45. The molecule has 1 saturated carbocycles. The molecule has 1 aliphatic carbocycles. The molecule has 0 aromatic carbocycles. The summed E-state index contributed by atoms with van der Waals surface area (Å²) in [5.74, 6) is 6.77. The van der Waals surface area contributed by atoms with Crippen LogP contribution in [0.5, 0.6) is 0 Å². The highest BCUT2D eigenvalue weighted by Crippen LogP contribution is 2.27. The van der Waals surface area contributed by atoms with E-state index in [2.05, 4.69) is 27.1 Å². The second kappa shape index (κ2) is 6.10. The number of carbonyl (C=O) groups is 1. The van der Waals surface area contributed by atoms with Crippen molar-refractivity contribution < 1.29 is 9.53 Å². The number of carbonyl (C=O) groups excluding carboxylic acids is 1. The van der Waals surface area contributed by atoms with Crippen LogP contribution in [0.4, 0.5) is 16.4 Å². The first-order valence-corrected chi connectivity index (χ1v) is 7.11. The Balaban J connectivity index is 1.84. The van der Waals surface area contributed by atoms with Gasteiger partial charge in [-0.1, -0.05) is 11.8 Å². The number of ether oxygens (including phenoxy) is 1. The molecule has 1 heterocycles. The van der Waals surface area contributed by atoms with Gasteiger partial charge in [0.15, 0.2) is 0 Å². The van der Waals surface area contributed by atoms with Crippen molar-refractivity contribution in [2.24, 2.45) is 5.92 Å². The highest BCUT2D eigenvalue weighted by Gasteiger charge is 2.30. The maximum absolute atomic E-state index is 11.6. The van der Waals surface area contributed by atoms with Gasteiger partial charge in [0.05, 0.1) is 0 Å². The molecule has 1 aromatic heterocycles. The van der Waals surface area contributed by atoms with Gasteiger partial charge in [0, 0.05) is 12.0 Å². The van der Waals surface area contributed by atoms with Gasteiger partial charge >= 0.3 is 6.09 Å². The summed E-state index contributed by atoms with van der Waals surface area (Å²) >= 11 is 0.